The third-order valence-electron chi connectivity index (χ3n) is 2.62. The Morgan fingerprint density at radius 2 is 2.12 bits per heavy atom. The molecule has 3 nitrogen and oxygen atoms in total. The van der Waals surface area contributed by atoms with E-state index in [-0.39, 0.29) is 18.4 Å². The molecule has 0 radical (unpaired) electrons. The SMILES string of the molecule is CC(=O)c1cccc(N[C@H](CO)C(C)C)c1. The highest BCUT2D eigenvalue weighted by molar-refractivity contribution is 5.94. The van der Waals surface area contributed by atoms with Crippen molar-refractivity contribution in [1.82, 2.24) is 0 Å². The van der Waals surface area contributed by atoms with Crippen molar-refractivity contribution in [3.63, 3.8) is 0 Å². The standard InChI is InChI=1S/C13H19NO2/c1-9(2)13(8-15)14-12-6-4-5-11(7-12)10(3)16/h4-7,9,13-15H,8H2,1-3H3/t13-/m1/s1. The van der Waals surface area contributed by atoms with Gasteiger partial charge < -0.3 is 10.4 Å². The monoisotopic (exact) mass is 221 g/mol. The van der Waals surface area contributed by atoms with Crippen LogP contribution in [-0.4, -0.2) is 23.5 Å². The average molecular weight is 221 g/mol. The highest BCUT2D eigenvalue weighted by Crippen LogP contribution is 2.15. The summed E-state index contributed by atoms with van der Waals surface area (Å²) in [5, 5.41) is 12.4. The lowest BCUT2D eigenvalue weighted by molar-refractivity contribution is 0.101. The van der Waals surface area contributed by atoms with Gasteiger partial charge in [-0.3, -0.25) is 4.79 Å². The average Bonchev–Trinajstić information content (AvgIpc) is 2.25. The van der Waals surface area contributed by atoms with Crippen LogP contribution in [0, 0.1) is 5.92 Å². The Kier molecular flexibility index (Phi) is 4.50. The van der Waals surface area contributed by atoms with Crippen LogP contribution in [0.1, 0.15) is 31.1 Å². The molecule has 0 unspecified atom stereocenters. The van der Waals surface area contributed by atoms with Crippen molar-refractivity contribution < 1.29 is 9.90 Å². The number of hydrogen-bond acceptors (Lipinski definition) is 3. The zero-order valence-corrected chi connectivity index (χ0v) is 10.0. The van der Waals surface area contributed by atoms with Crippen LogP contribution in [0.3, 0.4) is 0 Å². The molecular formula is C13H19NO2. The highest BCUT2D eigenvalue weighted by Gasteiger charge is 2.11. The molecule has 0 fully saturated rings. The second kappa shape index (κ2) is 5.66. The van der Waals surface area contributed by atoms with E-state index in [0.29, 0.717) is 11.5 Å². The lowest BCUT2D eigenvalue weighted by Gasteiger charge is -2.21. The minimum atomic E-state index is 0.0159. The third kappa shape index (κ3) is 3.35. The molecule has 16 heavy (non-hydrogen) atoms. The van der Waals surface area contributed by atoms with Gasteiger partial charge in [-0.1, -0.05) is 26.0 Å². The smallest absolute Gasteiger partial charge is 0.159 e. The largest absolute Gasteiger partial charge is 0.394 e. The Morgan fingerprint density at radius 1 is 1.44 bits per heavy atom. The summed E-state index contributed by atoms with van der Waals surface area (Å²) in [5.74, 6) is 0.389. The van der Waals surface area contributed by atoms with Crippen LogP contribution >= 0.6 is 0 Å². The molecule has 0 spiro atoms. The summed E-state index contributed by atoms with van der Waals surface area (Å²) in [6.45, 7) is 5.72. The molecule has 0 aliphatic rings. The summed E-state index contributed by atoms with van der Waals surface area (Å²) in [6.07, 6.45) is 0. The molecule has 88 valence electrons. The van der Waals surface area contributed by atoms with Crippen molar-refractivity contribution in [1.29, 1.82) is 0 Å². The Balaban J connectivity index is 2.80. The first-order valence-corrected chi connectivity index (χ1v) is 5.53. The van der Waals surface area contributed by atoms with Crippen molar-refractivity contribution in [2.24, 2.45) is 5.92 Å². The molecule has 1 aromatic rings. The van der Waals surface area contributed by atoms with E-state index < -0.39 is 0 Å². The van der Waals surface area contributed by atoms with E-state index in [1.807, 2.05) is 32.0 Å². The molecule has 0 saturated heterocycles. The fourth-order valence-corrected chi connectivity index (χ4v) is 1.47. The van der Waals surface area contributed by atoms with E-state index in [4.69, 9.17) is 0 Å². The predicted molar refractivity (Wildman–Crippen MR) is 65.8 cm³/mol. The van der Waals surface area contributed by atoms with Gasteiger partial charge in [-0.15, -0.1) is 0 Å². The minimum Gasteiger partial charge on any atom is -0.394 e. The normalized spacial score (nSPS) is 12.6. The fourth-order valence-electron chi connectivity index (χ4n) is 1.47. The highest BCUT2D eigenvalue weighted by atomic mass is 16.3. The number of carbonyl (C=O) groups excluding carboxylic acids is 1. The van der Waals surface area contributed by atoms with Gasteiger partial charge in [-0.2, -0.15) is 0 Å². The Hall–Kier alpha value is -1.35. The van der Waals surface area contributed by atoms with Crippen molar-refractivity contribution in [3.05, 3.63) is 29.8 Å². The van der Waals surface area contributed by atoms with Gasteiger partial charge >= 0.3 is 0 Å². The van der Waals surface area contributed by atoms with Gasteiger partial charge in [0.2, 0.25) is 0 Å². The van der Waals surface area contributed by atoms with Crippen LogP contribution < -0.4 is 5.32 Å². The van der Waals surface area contributed by atoms with Gasteiger partial charge in [-0.25, -0.2) is 0 Å². The number of Topliss-reactive ketones (excluding diaryl/α,β-unsaturated/α-hetero) is 1. The Morgan fingerprint density at radius 3 is 2.62 bits per heavy atom. The second-order valence-corrected chi connectivity index (χ2v) is 4.31. The first-order valence-electron chi connectivity index (χ1n) is 5.53. The van der Waals surface area contributed by atoms with E-state index in [1.54, 1.807) is 13.0 Å². The maximum Gasteiger partial charge on any atom is 0.159 e. The number of nitrogens with one attached hydrogen (secondary N) is 1. The summed E-state index contributed by atoms with van der Waals surface area (Å²) in [4.78, 5) is 11.2. The topological polar surface area (TPSA) is 49.3 Å². The van der Waals surface area contributed by atoms with E-state index in [1.165, 1.54) is 0 Å². The number of aliphatic hydroxyl groups excluding tert-OH is 1. The molecular weight excluding hydrogens is 202 g/mol. The maximum atomic E-state index is 11.2. The molecule has 0 heterocycles. The molecule has 0 aliphatic carbocycles. The van der Waals surface area contributed by atoms with Crippen LogP contribution in [0.15, 0.2) is 24.3 Å². The summed E-state index contributed by atoms with van der Waals surface area (Å²) in [5.41, 5.74) is 1.56. The van der Waals surface area contributed by atoms with Crippen molar-refractivity contribution >= 4 is 11.5 Å². The van der Waals surface area contributed by atoms with E-state index in [9.17, 15) is 9.90 Å². The van der Waals surface area contributed by atoms with Crippen LogP contribution in [0.25, 0.3) is 0 Å². The molecule has 1 rings (SSSR count). The summed E-state index contributed by atoms with van der Waals surface area (Å²) in [7, 11) is 0. The molecule has 0 amide bonds. The number of hydrogen-bond donors (Lipinski definition) is 2. The molecule has 0 aromatic heterocycles. The first kappa shape index (κ1) is 12.7. The van der Waals surface area contributed by atoms with E-state index in [2.05, 4.69) is 5.32 Å². The molecule has 0 aliphatic heterocycles. The Labute approximate surface area is 96.5 Å². The second-order valence-electron chi connectivity index (χ2n) is 4.31. The van der Waals surface area contributed by atoms with Crippen LogP contribution in [0.5, 0.6) is 0 Å². The summed E-state index contributed by atoms with van der Waals surface area (Å²) < 4.78 is 0. The zero-order valence-electron chi connectivity index (χ0n) is 10.0. The predicted octanol–water partition coefficient (Wildman–Crippen LogP) is 2.32. The molecule has 0 bridgehead atoms. The van der Waals surface area contributed by atoms with Gasteiger partial charge in [0, 0.05) is 11.3 Å². The van der Waals surface area contributed by atoms with Gasteiger partial charge in [0.05, 0.1) is 12.6 Å². The lowest BCUT2D eigenvalue weighted by Crippen LogP contribution is -2.29. The number of ketones is 1. The Bertz CT molecular complexity index is 361. The lowest BCUT2D eigenvalue weighted by atomic mass is 10.0. The van der Waals surface area contributed by atoms with Crippen molar-refractivity contribution in [2.45, 2.75) is 26.8 Å². The number of carbonyl (C=O) groups is 1. The zero-order chi connectivity index (χ0) is 12.1. The molecule has 1 atom stereocenters. The molecule has 0 saturated carbocycles. The molecule has 2 N–H and O–H groups in total. The molecule has 1 aromatic carbocycles. The first-order chi connectivity index (χ1) is 7.54. The van der Waals surface area contributed by atoms with Crippen LogP contribution in [0.4, 0.5) is 5.69 Å². The van der Waals surface area contributed by atoms with E-state index >= 15 is 0 Å². The van der Waals surface area contributed by atoms with Gasteiger partial charge in [0.1, 0.15) is 0 Å². The maximum absolute atomic E-state index is 11.2. The van der Waals surface area contributed by atoms with Crippen molar-refractivity contribution in [3.8, 4) is 0 Å². The minimum absolute atomic E-state index is 0.0159. The van der Waals surface area contributed by atoms with Gasteiger partial charge in [0.15, 0.2) is 5.78 Å². The quantitative estimate of drug-likeness (QED) is 0.750. The third-order valence-corrected chi connectivity index (χ3v) is 2.62. The fraction of sp³-hybridized carbons (Fsp3) is 0.462. The van der Waals surface area contributed by atoms with Gasteiger partial charge in [0.25, 0.3) is 0 Å². The summed E-state index contributed by atoms with van der Waals surface area (Å²) in [6, 6.07) is 7.36. The van der Waals surface area contributed by atoms with E-state index in [0.717, 1.165) is 5.69 Å². The van der Waals surface area contributed by atoms with Crippen LogP contribution in [0.2, 0.25) is 0 Å². The molecule has 3 heteroatoms. The van der Waals surface area contributed by atoms with Gasteiger partial charge in [-0.05, 0) is 25.0 Å². The number of aliphatic hydroxyl groups is 1. The van der Waals surface area contributed by atoms with Crippen molar-refractivity contribution in [2.75, 3.05) is 11.9 Å². The number of rotatable bonds is 5. The number of anilines is 1. The summed E-state index contributed by atoms with van der Waals surface area (Å²) >= 11 is 0. The number of benzene rings is 1. The van der Waals surface area contributed by atoms with Crippen LogP contribution in [-0.2, 0) is 0 Å².